The Morgan fingerprint density at radius 2 is 2.16 bits per heavy atom. The SMILES string of the molecule is CCSc1nnc(C)n1NC(=S)NC(=O)c1cccc(OC(C)C)c1. The molecule has 2 rings (SSSR count). The number of aryl methyl sites for hydroxylation is 1. The maximum atomic E-state index is 12.4. The van der Waals surface area contributed by atoms with Crippen LogP contribution in [0, 0.1) is 6.92 Å². The van der Waals surface area contributed by atoms with Gasteiger partial charge in [0.1, 0.15) is 11.6 Å². The van der Waals surface area contributed by atoms with Gasteiger partial charge in [0.2, 0.25) is 5.16 Å². The molecule has 0 aliphatic carbocycles. The molecule has 1 amide bonds. The van der Waals surface area contributed by atoms with Crippen LogP contribution in [-0.4, -0.2) is 37.7 Å². The van der Waals surface area contributed by atoms with E-state index in [-0.39, 0.29) is 17.1 Å². The second-order valence-corrected chi connectivity index (χ2v) is 7.03. The smallest absolute Gasteiger partial charge is 0.257 e. The minimum atomic E-state index is -0.317. The summed E-state index contributed by atoms with van der Waals surface area (Å²) in [5.41, 5.74) is 3.39. The van der Waals surface area contributed by atoms with Gasteiger partial charge < -0.3 is 4.74 Å². The number of ether oxygens (including phenoxy) is 1. The molecule has 0 bridgehead atoms. The zero-order valence-corrected chi connectivity index (χ0v) is 16.2. The van der Waals surface area contributed by atoms with Crippen LogP contribution in [0.4, 0.5) is 0 Å². The van der Waals surface area contributed by atoms with Crippen LogP contribution in [0.25, 0.3) is 0 Å². The van der Waals surface area contributed by atoms with Gasteiger partial charge in [-0.1, -0.05) is 24.8 Å². The van der Waals surface area contributed by atoms with E-state index in [0.29, 0.717) is 22.3 Å². The second-order valence-electron chi connectivity index (χ2n) is 5.39. The topological polar surface area (TPSA) is 81.1 Å². The van der Waals surface area contributed by atoms with Gasteiger partial charge in [-0.2, -0.15) is 0 Å². The minimum absolute atomic E-state index is 0.0345. The lowest BCUT2D eigenvalue weighted by Crippen LogP contribution is -2.38. The van der Waals surface area contributed by atoms with Gasteiger partial charge in [0.15, 0.2) is 5.11 Å². The molecular formula is C16H21N5O2S2. The Labute approximate surface area is 156 Å². The Morgan fingerprint density at radius 1 is 1.40 bits per heavy atom. The second kappa shape index (κ2) is 8.82. The number of aromatic nitrogens is 3. The Kier molecular flexibility index (Phi) is 6.77. The first-order valence-corrected chi connectivity index (χ1v) is 9.24. The summed E-state index contributed by atoms with van der Waals surface area (Å²) < 4.78 is 7.25. The van der Waals surface area contributed by atoms with Crippen LogP contribution >= 0.6 is 24.0 Å². The van der Waals surface area contributed by atoms with E-state index in [1.165, 1.54) is 11.8 Å². The summed E-state index contributed by atoms with van der Waals surface area (Å²) in [6.07, 6.45) is 0.0345. The number of benzene rings is 1. The van der Waals surface area contributed by atoms with E-state index >= 15 is 0 Å². The summed E-state index contributed by atoms with van der Waals surface area (Å²) in [7, 11) is 0. The molecule has 0 radical (unpaired) electrons. The van der Waals surface area contributed by atoms with Crippen LogP contribution in [0.2, 0.25) is 0 Å². The molecule has 2 aromatic rings. The molecule has 0 saturated heterocycles. The average molecular weight is 380 g/mol. The van der Waals surface area contributed by atoms with Crippen molar-refractivity contribution in [2.45, 2.75) is 39.0 Å². The van der Waals surface area contributed by atoms with E-state index in [0.717, 1.165) is 5.75 Å². The van der Waals surface area contributed by atoms with Crippen LogP contribution < -0.4 is 15.5 Å². The number of amides is 1. The molecule has 9 heteroatoms. The fraction of sp³-hybridized carbons (Fsp3) is 0.375. The van der Waals surface area contributed by atoms with Gasteiger partial charge >= 0.3 is 0 Å². The number of nitrogens with one attached hydrogen (secondary N) is 2. The number of nitrogens with zero attached hydrogens (tertiary/aromatic N) is 3. The predicted octanol–water partition coefficient (Wildman–Crippen LogP) is 2.74. The van der Waals surface area contributed by atoms with E-state index < -0.39 is 0 Å². The van der Waals surface area contributed by atoms with E-state index in [2.05, 4.69) is 20.9 Å². The number of hydrogen-bond donors (Lipinski definition) is 2. The molecule has 7 nitrogen and oxygen atoms in total. The summed E-state index contributed by atoms with van der Waals surface area (Å²) in [5.74, 6) is 1.82. The minimum Gasteiger partial charge on any atom is -0.491 e. The fourth-order valence-electron chi connectivity index (χ4n) is 1.98. The highest BCUT2D eigenvalue weighted by atomic mass is 32.2. The fourth-order valence-corrected chi connectivity index (χ4v) is 2.83. The Morgan fingerprint density at radius 3 is 2.84 bits per heavy atom. The predicted molar refractivity (Wildman–Crippen MR) is 103 cm³/mol. The summed E-state index contributed by atoms with van der Waals surface area (Å²) in [6, 6.07) is 6.96. The molecular weight excluding hydrogens is 358 g/mol. The van der Waals surface area contributed by atoms with Gasteiger partial charge in [-0.05, 0) is 56.9 Å². The molecule has 0 atom stereocenters. The number of thiocarbonyl (C=S) groups is 1. The standard InChI is InChI=1S/C16H21N5O2S2/c1-5-25-16-19-18-11(4)21(16)20-15(24)17-14(22)12-7-6-8-13(9-12)23-10(2)3/h6-10H,5H2,1-4H3,(H2,17,20,22,24). The number of carbonyl (C=O) groups excluding carboxylic acids is 1. The van der Waals surface area contributed by atoms with Crippen LogP contribution in [0.1, 0.15) is 37.0 Å². The third-order valence-corrected chi connectivity index (χ3v) is 3.98. The van der Waals surface area contributed by atoms with Gasteiger partial charge in [0, 0.05) is 5.56 Å². The van der Waals surface area contributed by atoms with Crippen molar-refractivity contribution in [2.75, 3.05) is 11.2 Å². The molecule has 25 heavy (non-hydrogen) atoms. The summed E-state index contributed by atoms with van der Waals surface area (Å²) in [6.45, 7) is 7.68. The van der Waals surface area contributed by atoms with Crippen molar-refractivity contribution in [1.82, 2.24) is 20.2 Å². The lowest BCUT2D eigenvalue weighted by molar-refractivity contribution is 0.0976. The molecule has 134 valence electrons. The summed E-state index contributed by atoms with van der Waals surface area (Å²) in [4.78, 5) is 12.4. The Hall–Kier alpha value is -2.13. The molecule has 2 N–H and O–H groups in total. The van der Waals surface area contributed by atoms with Gasteiger partial charge in [0.25, 0.3) is 5.91 Å². The van der Waals surface area contributed by atoms with Crippen LogP contribution in [0.3, 0.4) is 0 Å². The van der Waals surface area contributed by atoms with Gasteiger partial charge in [-0.15, -0.1) is 10.2 Å². The molecule has 0 saturated carbocycles. The monoisotopic (exact) mass is 379 g/mol. The van der Waals surface area contributed by atoms with Crippen LogP contribution in [-0.2, 0) is 0 Å². The maximum absolute atomic E-state index is 12.4. The van der Waals surface area contributed by atoms with Crippen molar-refractivity contribution in [3.63, 3.8) is 0 Å². The number of thioether (sulfide) groups is 1. The first kappa shape index (κ1) is 19.2. The molecule has 1 heterocycles. The Bertz CT molecular complexity index is 761. The average Bonchev–Trinajstić information content (AvgIpc) is 2.88. The number of hydrogen-bond acceptors (Lipinski definition) is 6. The quantitative estimate of drug-likeness (QED) is 0.590. The van der Waals surface area contributed by atoms with Gasteiger partial charge in [-0.3, -0.25) is 15.5 Å². The number of rotatable bonds is 6. The lowest BCUT2D eigenvalue weighted by Gasteiger charge is -2.13. The van der Waals surface area contributed by atoms with E-state index in [9.17, 15) is 4.79 Å². The summed E-state index contributed by atoms with van der Waals surface area (Å²) >= 11 is 6.75. The van der Waals surface area contributed by atoms with E-state index in [1.54, 1.807) is 29.8 Å². The molecule has 1 aromatic heterocycles. The van der Waals surface area contributed by atoms with Crippen molar-refractivity contribution in [2.24, 2.45) is 0 Å². The van der Waals surface area contributed by atoms with E-state index in [4.69, 9.17) is 17.0 Å². The molecule has 0 aliphatic rings. The van der Waals surface area contributed by atoms with E-state index in [1.807, 2.05) is 26.8 Å². The van der Waals surface area contributed by atoms with Crippen LogP contribution in [0.5, 0.6) is 5.75 Å². The lowest BCUT2D eigenvalue weighted by atomic mass is 10.2. The molecule has 0 spiro atoms. The highest BCUT2D eigenvalue weighted by molar-refractivity contribution is 7.99. The first-order valence-electron chi connectivity index (χ1n) is 7.84. The van der Waals surface area contributed by atoms with Crippen molar-refractivity contribution in [1.29, 1.82) is 0 Å². The molecule has 0 fully saturated rings. The van der Waals surface area contributed by atoms with Crippen LogP contribution in [0.15, 0.2) is 29.4 Å². The normalized spacial score (nSPS) is 10.6. The third kappa shape index (κ3) is 5.43. The number of carbonyl (C=O) groups is 1. The highest BCUT2D eigenvalue weighted by Gasteiger charge is 2.13. The first-order chi connectivity index (χ1) is 11.9. The summed E-state index contributed by atoms with van der Waals surface area (Å²) in [5, 5.41) is 11.6. The molecule has 0 aliphatic heterocycles. The maximum Gasteiger partial charge on any atom is 0.257 e. The van der Waals surface area contributed by atoms with Crippen molar-refractivity contribution in [3.8, 4) is 5.75 Å². The van der Waals surface area contributed by atoms with Gasteiger partial charge in [0.05, 0.1) is 6.10 Å². The van der Waals surface area contributed by atoms with Crippen molar-refractivity contribution < 1.29 is 9.53 Å². The largest absolute Gasteiger partial charge is 0.491 e. The Balaban J connectivity index is 2.03. The zero-order chi connectivity index (χ0) is 18.4. The van der Waals surface area contributed by atoms with Gasteiger partial charge in [-0.25, -0.2) is 4.68 Å². The zero-order valence-electron chi connectivity index (χ0n) is 14.6. The molecule has 0 unspecified atom stereocenters. The third-order valence-electron chi connectivity index (χ3n) is 2.98. The molecule has 1 aromatic carbocycles. The van der Waals surface area contributed by atoms with Crippen molar-refractivity contribution in [3.05, 3.63) is 35.7 Å². The highest BCUT2D eigenvalue weighted by Crippen LogP contribution is 2.16. The van der Waals surface area contributed by atoms with Crippen molar-refractivity contribution >= 4 is 35.0 Å².